The summed E-state index contributed by atoms with van der Waals surface area (Å²) in [4.78, 5) is 4.75. The van der Waals surface area contributed by atoms with Crippen molar-refractivity contribution < 1.29 is 0 Å². The van der Waals surface area contributed by atoms with Gasteiger partial charge in [0.15, 0.2) is 11.4 Å². The van der Waals surface area contributed by atoms with Gasteiger partial charge in [-0.1, -0.05) is 25.2 Å². The summed E-state index contributed by atoms with van der Waals surface area (Å²) in [5.41, 5.74) is -0.756. The predicted molar refractivity (Wildman–Crippen MR) is 91.3 cm³/mol. The van der Waals surface area contributed by atoms with E-state index in [9.17, 15) is 0 Å². The van der Waals surface area contributed by atoms with Gasteiger partial charge in [-0.05, 0) is 29.7 Å². The minimum atomic E-state index is -1.93. The Morgan fingerprint density at radius 1 is 1.42 bits per heavy atom. The molecule has 1 aromatic rings. The average molecular weight is 332 g/mol. The Morgan fingerprint density at radius 2 is 2.26 bits per heavy atom. The van der Waals surface area contributed by atoms with Gasteiger partial charge in [0.25, 0.3) is 0 Å². The molecule has 0 aliphatic carbocycles. The summed E-state index contributed by atoms with van der Waals surface area (Å²) in [5, 5.41) is 4.55. The fourth-order valence-electron chi connectivity index (χ4n) is 2.42. The first-order valence-electron chi connectivity index (χ1n) is 6.52. The molecule has 1 aromatic heterocycles. The normalized spacial score (nSPS) is 24.6. The number of hydrogen-bond donors (Lipinski definition) is 1. The Labute approximate surface area is 127 Å². The molecule has 0 radical (unpaired) electrons. The quantitative estimate of drug-likeness (QED) is 0.854. The summed E-state index contributed by atoms with van der Waals surface area (Å²) in [6, 6.07) is 0. The zero-order chi connectivity index (χ0) is 13.5. The number of hydrogen-bond acceptors (Lipinski definition) is 4. The molecular formula is C11H17N4PS3. The van der Waals surface area contributed by atoms with Crippen LogP contribution < -0.4 is 5.09 Å². The van der Waals surface area contributed by atoms with E-state index in [0.717, 1.165) is 35.3 Å². The van der Waals surface area contributed by atoms with E-state index in [0.29, 0.717) is 0 Å². The molecule has 0 aromatic carbocycles. The Balaban J connectivity index is 2.07. The molecule has 3 rings (SSSR count). The maximum absolute atomic E-state index is 5.74. The third-order valence-corrected chi connectivity index (χ3v) is 9.44. The third-order valence-electron chi connectivity index (χ3n) is 3.09. The summed E-state index contributed by atoms with van der Waals surface area (Å²) in [5.74, 6) is 4.17. The molecular weight excluding hydrogens is 315 g/mol. The first-order chi connectivity index (χ1) is 9.17. The van der Waals surface area contributed by atoms with Gasteiger partial charge in [0.05, 0.1) is 0 Å². The van der Waals surface area contributed by atoms with Crippen molar-refractivity contribution in [3.63, 3.8) is 0 Å². The van der Waals surface area contributed by atoms with Gasteiger partial charge in [0.1, 0.15) is 16.6 Å². The fourth-order valence-corrected chi connectivity index (χ4v) is 8.60. The van der Waals surface area contributed by atoms with Crippen molar-refractivity contribution in [2.24, 2.45) is 4.76 Å². The summed E-state index contributed by atoms with van der Waals surface area (Å²) >= 11 is 9.28. The lowest BCUT2D eigenvalue weighted by molar-refractivity contribution is 0.745. The number of fused-ring (bicyclic) bond motifs is 3. The number of aryl methyl sites for hydroxylation is 1. The van der Waals surface area contributed by atoms with Crippen LogP contribution in [0.15, 0.2) is 4.76 Å². The van der Waals surface area contributed by atoms with E-state index in [1.54, 1.807) is 23.1 Å². The van der Waals surface area contributed by atoms with Gasteiger partial charge in [0.2, 0.25) is 0 Å². The zero-order valence-corrected chi connectivity index (χ0v) is 14.4. The molecule has 8 heteroatoms. The smallest absolute Gasteiger partial charge is 0.198 e. The minimum Gasteiger partial charge on any atom is -0.324 e. The average Bonchev–Trinajstić information content (AvgIpc) is 2.88. The second-order valence-corrected chi connectivity index (χ2v) is 12.6. The van der Waals surface area contributed by atoms with Crippen molar-refractivity contribution in [2.45, 2.75) is 33.2 Å². The van der Waals surface area contributed by atoms with Crippen molar-refractivity contribution in [1.29, 1.82) is 0 Å². The van der Waals surface area contributed by atoms with E-state index >= 15 is 0 Å². The van der Waals surface area contributed by atoms with E-state index in [1.807, 2.05) is 0 Å². The highest BCUT2D eigenvalue weighted by Crippen LogP contribution is 2.62. The van der Waals surface area contributed by atoms with Crippen LogP contribution in [0.2, 0.25) is 0 Å². The molecule has 0 spiro atoms. The number of nitrogens with zero attached hydrogens (tertiary/aromatic N) is 3. The summed E-state index contributed by atoms with van der Waals surface area (Å²) < 4.78 is 7.20. The van der Waals surface area contributed by atoms with Crippen molar-refractivity contribution in [3.05, 3.63) is 11.5 Å². The lowest BCUT2D eigenvalue weighted by Crippen LogP contribution is -2.13. The Morgan fingerprint density at radius 3 is 3.00 bits per heavy atom. The number of nitrogens with one attached hydrogen (secondary N) is 1. The zero-order valence-electron chi connectivity index (χ0n) is 11.0. The van der Waals surface area contributed by atoms with Gasteiger partial charge in [-0.15, -0.1) is 11.8 Å². The Kier molecular flexibility index (Phi) is 4.00. The molecule has 1 N–H and O–H groups in total. The van der Waals surface area contributed by atoms with Crippen LogP contribution in [-0.2, 0) is 24.8 Å². The van der Waals surface area contributed by atoms with E-state index in [4.69, 9.17) is 21.6 Å². The second-order valence-electron chi connectivity index (χ2n) is 4.37. The van der Waals surface area contributed by atoms with E-state index in [1.165, 1.54) is 17.9 Å². The molecule has 0 saturated heterocycles. The monoisotopic (exact) mass is 332 g/mol. The molecule has 3 heterocycles. The highest BCUT2D eigenvalue weighted by molar-refractivity contribution is 8.71. The van der Waals surface area contributed by atoms with Crippen LogP contribution in [0, 0.1) is 0 Å². The van der Waals surface area contributed by atoms with E-state index < -0.39 is 5.54 Å². The first kappa shape index (κ1) is 14.0. The molecule has 1 atom stereocenters. The van der Waals surface area contributed by atoms with Crippen LogP contribution in [0.1, 0.15) is 31.8 Å². The van der Waals surface area contributed by atoms with Crippen molar-refractivity contribution in [2.75, 3.05) is 16.6 Å². The molecule has 2 aliphatic rings. The highest BCUT2D eigenvalue weighted by Gasteiger charge is 2.32. The molecule has 2 aliphatic heterocycles. The van der Waals surface area contributed by atoms with Crippen LogP contribution in [0.4, 0.5) is 5.82 Å². The van der Waals surface area contributed by atoms with Gasteiger partial charge < -0.3 is 9.65 Å². The lowest BCUT2D eigenvalue weighted by Gasteiger charge is -2.24. The number of rotatable bonds is 3. The van der Waals surface area contributed by atoms with Crippen molar-refractivity contribution >= 4 is 51.4 Å². The van der Waals surface area contributed by atoms with Gasteiger partial charge in [0, 0.05) is 13.0 Å². The predicted octanol–water partition coefficient (Wildman–Crippen LogP) is 3.73. The number of thioether (sulfide) groups is 1. The number of aromatic nitrogens is 2. The number of anilines is 1. The van der Waals surface area contributed by atoms with Crippen molar-refractivity contribution in [3.8, 4) is 0 Å². The highest BCUT2D eigenvalue weighted by atomic mass is 32.9. The standard InChI is InChI=1S/C11H17N4PS3/c1-3-18-11-9-10(12-8-6-5-7-15(8)9)13-16(17,14-11)19-4-2/h3-7H2,1-2H3,(H,13,14,17). The SMILES string of the molecule is CCSC1=NP(=S)(SCC)Nc2nc3n(c21)CCC3. The molecule has 104 valence electrons. The van der Waals surface area contributed by atoms with Gasteiger partial charge >= 0.3 is 0 Å². The Bertz CT molecular complexity index is 581. The van der Waals surface area contributed by atoms with Crippen molar-refractivity contribution in [1.82, 2.24) is 9.55 Å². The first-order valence-corrected chi connectivity index (χ1v) is 11.9. The van der Waals surface area contributed by atoms with Crippen LogP contribution in [0.25, 0.3) is 0 Å². The third kappa shape index (κ3) is 2.50. The molecule has 1 unspecified atom stereocenters. The molecule has 0 amide bonds. The lowest BCUT2D eigenvalue weighted by atomic mass is 10.3. The second kappa shape index (κ2) is 5.43. The number of imidazole rings is 1. The van der Waals surface area contributed by atoms with Crippen LogP contribution in [0.3, 0.4) is 0 Å². The molecule has 0 fully saturated rings. The molecule has 4 nitrogen and oxygen atoms in total. The summed E-state index contributed by atoms with van der Waals surface area (Å²) in [6.07, 6.45) is 2.26. The minimum absolute atomic E-state index is 0.977. The van der Waals surface area contributed by atoms with Crippen LogP contribution in [-0.4, -0.2) is 26.1 Å². The van der Waals surface area contributed by atoms with Crippen LogP contribution in [0.5, 0.6) is 0 Å². The molecule has 0 bridgehead atoms. The topological polar surface area (TPSA) is 42.2 Å². The molecule has 19 heavy (non-hydrogen) atoms. The maximum atomic E-state index is 5.74. The summed E-state index contributed by atoms with van der Waals surface area (Å²) in [7, 11) is 0. The van der Waals surface area contributed by atoms with Gasteiger partial charge in [-0.3, -0.25) is 0 Å². The van der Waals surface area contributed by atoms with E-state index in [-0.39, 0.29) is 0 Å². The fraction of sp³-hybridized carbons (Fsp3) is 0.636. The summed E-state index contributed by atoms with van der Waals surface area (Å²) in [6.45, 7) is 5.35. The van der Waals surface area contributed by atoms with Crippen LogP contribution >= 0.6 is 28.7 Å². The largest absolute Gasteiger partial charge is 0.324 e. The molecule has 0 saturated carbocycles. The van der Waals surface area contributed by atoms with Gasteiger partial charge in [-0.2, -0.15) is 0 Å². The van der Waals surface area contributed by atoms with E-state index in [2.05, 4.69) is 23.5 Å². The van der Waals surface area contributed by atoms with Gasteiger partial charge in [-0.25, -0.2) is 9.75 Å². The maximum Gasteiger partial charge on any atom is 0.198 e. The Hall–Kier alpha value is 0.0300.